The zero-order valence-electron chi connectivity index (χ0n) is 16.9. The molecule has 1 N–H and O–H groups in total. The van der Waals surface area contributed by atoms with Crippen LogP contribution < -0.4 is 10.2 Å². The number of hydrogen-bond donors (Lipinski definition) is 1. The van der Waals surface area contributed by atoms with Crippen LogP contribution in [0.25, 0.3) is 11.0 Å². The van der Waals surface area contributed by atoms with Gasteiger partial charge in [0.05, 0.1) is 24.6 Å². The van der Waals surface area contributed by atoms with Crippen molar-refractivity contribution in [1.82, 2.24) is 15.0 Å². The van der Waals surface area contributed by atoms with Crippen molar-refractivity contribution in [1.29, 1.82) is 0 Å². The number of likely N-dealkylation sites (tertiary alicyclic amines) is 1. The maximum absolute atomic E-state index is 12.0. The molecule has 4 rings (SSSR count). The number of carbonyl (C=O) groups excluding carboxylic acids is 2. The fourth-order valence-corrected chi connectivity index (χ4v) is 3.44. The molecule has 1 saturated heterocycles. The molecule has 32 heavy (non-hydrogen) atoms. The third-order valence-electron chi connectivity index (χ3n) is 4.78. The lowest BCUT2D eigenvalue weighted by molar-refractivity contribution is -0.641. The molecule has 2 heterocycles. The number of nitrogens with one attached hydrogen (secondary N) is 1. The maximum atomic E-state index is 12.0. The number of hydrogen-bond acceptors (Lipinski definition) is 8. The number of carbonyl (C=O) groups is 2. The van der Waals surface area contributed by atoms with E-state index in [-0.39, 0.29) is 31.6 Å². The predicted molar refractivity (Wildman–Crippen MR) is 117 cm³/mol. The molecule has 166 valence electrons. The van der Waals surface area contributed by atoms with E-state index in [0.29, 0.717) is 29.0 Å². The topological polar surface area (TPSA) is 121 Å². The van der Waals surface area contributed by atoms with Gasteiger partial charge in [0, 0.05) is 17.1 Å². The second-order valence-corrected chi connectivity index (χ2v) is 8.09. The van der Waals surface area contributed by atoms with Crippen molar-refractivity contribution in [2.45, 2.75) is 19.1 Å². The SMILES string of the molecule is O=C(CCNc1nc2ccc(Br)cc2[n+]([O-])n1)OC1CN(C(=O)OCc2ccccc2)C1. The van der Waals surface area contributed by atoms with Crippen LogP contribution in [0.1, 0.15) is 12.0 Å². The highest BCUT2D eigenvalue weighted by atomic mass is 79.9. The number of ether oxygens (including phenoxy) is 2. The molecule has 1 aliphatic rings. The Labute approximate surface area is 191 Å². The Morgan fingerprint density at radius 3 is 2.78 bits per heavy atom. The van der Waals surface area contributed by atoms with Crippen LogP contribution in [0.2, 0.25) is 0 Å². The van der Waals surface area contributed by atoms with Gasteiger partial charge >= 0.3 is 12.1 Å². The van der Waals surface area contributed by atoms with E-state index in [0.717, 1.165) is 10.0 Å². The minimum absolute atomic E-state index is 0.0650. The van der Waals surface area contributed by atoms with E-state index in [1.165, 1.54) is 4.90 Å². The largest absolute Gasteiger partial charge is 0.594 e. The first-order chi connectivity index (χ1) is 15.5. The summed E-state index contributed by atoms with van der Waals surface area (Å²) in [5.74, 6) is -0.293. The monoisotopic (exact) mass is 501 g/mol. The molecule has 10 nitrogen and oxygen atoms in total. The van der Waals surface area contributed by atoms with Gasteiger partial charge < -0.3 is 24.9 Å². The molecule has 1 amide bonds. The molecule has 0 unspecified atom stereocenters. The summed E-state index contributed by atoms with van der Waals surface area (Å²) in [6, 6.07) is 14.5. The van der Waals surface area contributed by atoms with Gasteiger partial charge in [-0.2, -0.15) is 0 Å². The summed E-state index contributed by atoms with van der Waals surface area (Å²) in [6.07, 6.45) is -0.726. The highest BCUT2D eigenvalue weighted by Gasteiger charge is 2.34. The molecule has 0 atom stereocenters. The Balaban J connectivity index is 1.16. The van der Waals surface area contributed by atoms with Crippen LogP contribution in [-0.4, -0.2) is 52.8 Å². The minimum atomic E-state index is -0.436. The van der Waals surface area contributed by atoms with Crippen LogP contribution in [0, 0.1) is 5.21 Å². The normalized spacial score (nSPS) is 13.5. The third kappa shape index (κ3) is 5.41. The zero-order chi connectivity index (χ0) is 22.5. The fourth-order valence-electron chi connectivity index (χ4n) is 3.09. The summed E-state index contributed by atoms with van der Waals surface area (Å²) >= 11 is 3.30. The smallest absolute Gasteiger partial charge is 0.410 e. The molecule has 1 aromatic heterocycles. The number of nitrogens with zero attached hydrogens (tertiary/aromatic N) is 4. The molecule has 0 aliphatic carbocycles. The highest BCUT2D eigenvalue weighted by Crippen LogP contribution is 2.17. The summed E-state index contributed by atoms with van der Waals surface area (Å²) in [5.41, 5.74) is 1.72. The first kappa shape index (κ1) is 21.8. The summed E-state index contributed by atoms with van der Waals surface area (Å²) in [5, 5.41) is 18.7. The van der Waals surface area contributed by atoms with Crippen LogP contribution >= 0.6 is 15.9 Å². The predicted octanol–water partition coefficient (Wildman–Crippen LogP) is 2.39. The molecule has 0 bridgehead atoms. The second-order valence-electron chi connectivity index (χ2n) is 7.18. The molecule has 3 aromatic rings. The number of esters is 1. The number of halogens is 1. The van der Waals surface area contributed by atoms with Crippen molar-refractivity contribution in [2.75, 3.05) is 25.0 Å². The molecule has 0 saturated carbocycles. The number of fused-ring (bicyclic) bond motifs is 1. The van der Waals surface area contributed by atoms with Gasteiger partial charge in [0.15, 0.2) is 0 Å². The number of rotatable bonds is 7. The lowest BCUT2D eigenvalue weighted by Gasteiger charge is -2.37. The summed E-state index contributed by atoms with van der Waals surface area (Å²) in [4.78, 5) is 30.3. The molecule has 1 aliphatic heterocycles. The molecule has 0 radical (unpaired) electrons. The molecular weight excluding hydrogens is 482 g/mol. The van der Waals surface area contributed by atoms with Gasteiger partial charge in [0.2, 0.25) is 0 Å². The Morgan fingerprint density at radius 2 is 2.00 bits per heavy atom. The van der Waals surface area contributed by atoms with Crippen LogP contribution in [0.5, 0.6) is 0 Å². The van der Waals surface area contributed by atoms with Gasteiger partial charge in [-0.25, -0.2) is 9.78 Å². The van der Waals surface area contributed by atoms with Crippen LogP contribution in [0.3, 0.4) is 0 Å². The average molecular weight is 502 g/mol. The van der Waals surface area contributed by atoms with Crippen molar-refractivity contribution >= 4 is 45.0 Å². The molecule has 0 spiro atoms. The van der Waals surface area contributed by atoms with Crippen LogP contribution in [-0.2, 0) is 20.9 Å². The molecule has 2 aromatic carbocycles. The number of amides is 1. The molecule has 11 heteroatoms. The highest BCUT2D eigenvalue weighted by molar-refractivity contribution is 9.10. The quantitative estimate of drug-likeness (QED) is 0.297. The van der Waals surface area contributed by atoms with Gasteiger partial charge in [0.25, 0.3) is 11.5 Å². The van der Waals surface area contributed by atoms with Gasteiger partial charge in [-0.15, -0.1) is 0 Å². The fraction of sp³-hybridized carbons (Fsp3) is 0.286. The summed E-state index contributed by atoms with van der Waals surface area (Å²) in [7, 11) is 0. The maximum Gasteiger partial charge on any atom is 0.410 e. The van der Waals surface area contributed by atoms with E-state index in [1.807, 2.05) is 30.3 Å². The minimum Gasteiger partial charge on any atom is -0.594 e. The first-order valence-electron chi connectivity index (χ1n) is 9.94. The van der Waals surface area contributed by atoms with E-state index in [2.05, 4.69) is 31.3 Å². The zero-order valence-corrected chi connectivity index (χ0v) is 18.5. The van der Waals surface area contributed by atoms with Crippen molar-refractivity contribution in [3.63, 3.8) is 0 Å². The van der Waals surface area contributed by atoms with Gasteiger partial charge in [-0.3, -0.25) is 4.79 Å². The first-order valence-corrected chi connectivity index (χ1v) is 10.7. The van der Waals surface area contributed by atoms with E-state index in [4.69, 9.17) is 9.47 Å². The summed E-state index contributed by atoms with van der Waals surface area (Å²) < 4.78 is 11.3. The standard InChI is InChI=1S/C21H20BrN5O5/c22-15-6-7-17-18(10-15)27(30)25-20(24-17)23-9-8-19(28)32-16-11-26(12-16)21(29)31-13-14-4-2-1-3-5-14/h1-7,10,16H,8-9,11-13H2,(H,23,24,25). The lowest BCUT2D eigenvalue weighted by Crippen LogP contribution is -2.55. The van der Waals surface area contributed by atoms with E-state index in [1.54, 1.807) is 18.2 Å². The lowest BCUT2D eigenvalue weighted by atomic mass is 10.2. The number of benzene rings is 2. The number of anilines is 1. The van der Waals surface area contributed by atoms with Gasteiger partial charge in [-0.1, -0.05) is 46.3 Å². The Morgan fingerprint density at radius 1 is 1.22 bits per heavy atom. The van der Waals surface area contributed by atoms with Crippen LogP contribution in [0.4, 0.5) is 10.7 Å². The molecular formula is C21H20BrN5O5. The average Bonchev–Trinajstić information content (AvgIpc) is 2.75. The Kier molecular flexibility index (Phi) is 6.64. The van der Waals surface area contributed by atoms with Gasteiger partial charge in [-0.05, 0) is 22.5 Å². The second kappa shape index (κ2) is 9.77. The Hall–Kier alpha value is -3.47. The Bertz CT molecular complexity index is 1120. The van der Waals surface area contributed by atoms with E-state index >= 15 is 0 Å². The van der Waals surface area contributed by atoms with E-state index < -0.39 is 12.1 Å². The van der Waals surface area contributed by atoms with E-state index in [9.17, 15) is 14.8 Å². The van der Waals surface area contributed by atoms with Crippen molar-refractivity contribution in [3.05, 3.63) is 63.8 Å². The number of aromatic nitrogens is 3. The van der Waals surface area contributed by atoms with Crippen molar-refractivity contribution in [3.8, 4) is 0 Å². The summed E-state index contributed by atoms with van der Waals surface area (Å²) in [6.45, 7) is 0.999. The third-order valence-corrected chi connectivity index (χ3v) is 5.27. The van der Waals surface area contributed by atoms with Crippen LogP contribution in [0.15, 0.2) is 53.0 Å². The van der Waals surface area contributed by atoms with Crippen molar-refractivity contribution < 1.29 is 23.9 Å². The van der Waals surface area contributed by atoms with Crippen molar-refractivity contribution in [2.24, 2.45) is 0 Å². The molecule has 1 fully saturated rings. The van der Waals surface area contributed by atoms with Gasteiger partial charge in [0.1, 0.15) is 18.2 Å².